The van der Waals surface area contributed by atoms with E-state index in [0.717, 1.165) is 0 Å². The molecule has 0 N–H and O–H groups in total. The van der Waals surface area contributed by atoms with Crippen molar-refractivity contribution in [1.82, 2.24) is 0 Å². The van der Waals surface area contributed by atoms with Gasteiger partial charge in [-0.2, -0.15) is 0 Å². The zero-order valence-electron chi connectivity index (χ0n) is 7.63. The van der Waals surface area contributed by atoms with E-state index in [1.165, 1.54) is 0 Å². The number of carbonyl (C=O) groups is 1. The van der Waals surface area contributed by atoms with Crippen molar-refractivity contribution < 1.29 is 13.9 Å². The number of hydrogen-bond acceptors (Lipinski definition) is 2. The topological polar surface area (TPSA) is 26.3 Å². The number of aldehydes is 1. The van der Waals surface area contributed by atoms with Crippen molar-refractivity contribution in [3.8, 4) is 5.75 Å². The maximum atomic E-state index is 13.4. The van der Waals surface area contributed by atoms with Gasteiger partial charge in [0.25, 0.3) is 0 Å². The second-order valence-electron chi connectivity index (χ2n) is 2.67. The average Bonchev–Trinajstić information content (AvgIpc) is 2.14. The minimum absolute atomic E-state index is 0.0532. The van der Waals surface area contributed by atoms with E-state index < -0.39 is 5.82 Å². The van der Waals surface area contributed by atoms with Crippen LogP contribution in [-0.4, -0.2) is 12.9 Å². The van der Waals surface area contributed by atoms with Gasteiger partial charge in [0.1, 0.15) is 0 Å². The molecule has 0 saturated carbocycles. The van der Waals surface area contributed by atoms with Gasteiger partial charge in [0.15, 0.2) is 17.9 Å². The molecule has 0 aliphatic carbocycles. The summed E-state index contributed by atoms with van der Waals surface area (Å²) in [5, 5.41) is 0. The third kappa shape index (κ3) is 1.86. The Morgan fingerprint density at radius 2 is 2.23 bits per heavy atom. The van der Waals surface area contributed by atoms with Crippen LogP contribution in [0.4, 0.5) is 4.39 Å². The summed E-state index contributed by atoms with van der Waals surface area (Å²) >= 11 is 0. The van der Waals surface area contributed by atoms with Crippen LogP contribution in [-0.2, 0) is 0 Å². The molecule has 1 aromatic carbocycles. The molecule has 0 amide bonds. The molecule has 13 heavy (non-hydrogen) atoms. The minimum atomic E-state index is -0.452. The number of carbonyl (C=O) groups excluding carboxylic acids is 1. The number of hydrogen-bond donors (Lipinski definition) is 0. The van der Waals surface area contributed by atoms with Crippen molar-refractivity contribution in [1.29, 1.82) is 0 Å². The first-order valence-electron chi connectivity index (χ1n) is 4.07. The van der Waals surface area contributed by atoms with Crippen molar-refractivity contribution in [2.24, 2.45) is 0 Å². The lowest BCUT2D eigenvalue weighted by atomic mass is 10.1. The summed E-state index contributed by atoms with van der Waals surface area (Å²) in [4.78, 5) is 10.5. The highest BCUT2D eigenvalue weighted by molar-refractivity contribution is 5.79. The fourth-order valence-corrected chi connectivity index (χ4v) is 1.05. The molecule has 0 aromatic heterocycles. The van der Waals surface area contributed by atoms with Gasteiger partial charge < -0.3 is 4.74 Å². The van der Waals surface area contributed by atoms with Crippen LogP contribution in [0.25, 0.3) is 0 Å². The maximum absolute atomic E-state index is 13.4. The Morgan fingerprint density at radius 3 is 2.77 bits per heavy atom. The third-order valence-corrected chi connectivity index (χ3v) is 1.74. The highest BCUT2D eigenvalue weighted by Gasteiger charge is 2.11. The van der Waals surface area contributed by atoms with Gasteiger partial charge in [-0.15, -0.1) is 0 Å². The Bertz CT molecular complexity index is 321. The first-order chi connectivity index (χ1) is 6.20. The summed E-state index contributed by atoms with van der Waals surface area (Å²) in [7, 11) is 0. The quantitative estimate of drug-likeness (QED) is 0.670. The predicted octanol–water partition coefficient (Wildman–Crippen LogP) is 2.35. The SMILES string of the molecule is CCOc1c(C=O)ccc(C)c1F. The Kier molecular flexibility index (Phi) is 3.01. The van der Waals surface area contributed by atoms with Gasteiger partial charge in [0, 0.05) is 0 Å². The lowest BCUT2D eigenvalue weighted by Gasteiger charge is -2.08. The van der Waals surface area contributed by atoms with Crippen LogP contribution in [0, 0.1) is 12.7 Å². The van der Waals surface area contributed by atoms with Crippen LogP contribution < -0.4 is 4.74 Å². The van der Waals surface area contributed by atoms with Crippen molar-refractivity contribution in [2.75, 3.05) is 6.61 Å². The van der Waals surface area contributed by atoms with Crippen LogP contribution in [0.1, 0.15) is 22.8 Å². The fraction of sp³-hybridized carbons (Fsp3) is 0.300. The lowest BCUT2D eigenvalue weighted by Crippen LogP contribution is -2.00. The van der Waals surface area contributed by atoms with Crippen molar-refractivity contribution in [3.63, 3.8) is 0 Å². The molecule has 0 fully saturated rings. The smallest absolute Gasteiger partial charge is 0.168 e. The standard InChI is InChI=1S/C10H11FO2/c1-3-13-10-8(6-12)5-4-7(2)9(10)11/h4-6H,3H2,1-2H3. The van der Waals surface area contributed by atoms with E-state index in [1.54, 1.807) is 26.0 Å². The van der Waals surface area contributed by atoms with Crippen LogP contribution in [0.2, 0.25) is 0 Å². The van der Waals surface area contributed by atoms with Gasteiger partial charge in [0.2, 0.25) is 0 Å². The van der Waals surface area contributed by atoms with Crippen LogP contribution in [0.3, 0.4) is 0 Å². The van der Waals surface area contributed by atoms with Crippen molar-refractivity contribution in [2.45, 2.75) is 13.8 Å². The first kappa shape index (κ1) is 9.71. The van der Waals surface area contributed by atoms with E-state index in [4.69, 9.17) is 4.74 Å². The molecule has 0 unspecified atom stereocenters. The summed E-state index contributed by atoms with van der Waals surface area (Å²) < 4.78 is 18.4. The maximum Gasteiger partial charge on any atom is 0.168 e. The largest absolute Gasteiger partial charge is 0.490 e. The molecule has 0 saturated heterocycles. The Labute approximate surface area is 76.3 Å². The summed E-state index contributed by atoms with van der Waals surface area (Å²) in [5.74, 6) is -0.399. The molecule has 0 heterocycles. The molecule has 0 aliphatic rings. The molecule has 0 radical (unpaired) electrons. The number of benzene rings is 1. The molecular formula is C10H11FO2. The Morgan fingerprint density at radius 1 is 1.54 bits per heavy atom. The first-order valence-corrected chi connectivity index (χ1v) is 4.07. The molecule has 0 atom stereocenters. The molecule has 1 aromatic rings. The molecular weight excluding hydrogens is 171 g/mol. The van der Waals surface area contributed by atoms with E-state index in [-0.39, 0.29) is 11.3 Å². The third-order valence-electron chi connectivity index (χ3n) is 1.74. The minimum Gasteiger partial charge on any atom is -0.490 e. The normalized spacial score (nSPS) is 9.77. The summed E-state index contributed by atoms with van der Waals surface area (Å²) in [6.45, 7) is 3.73. The second kappa shape index (κ2) is 4.03. The van der Waals surface area contributed by atoms with Gasteiger partial charge >= 0.3 is 0 Å². The van der Waals surface area contributed by atoms with Gasteiger partial charge in [-0.1, -0.05) is 6.07 Å². The molecule has 1 rings (SSSR count). The predicted molar refractivity (Wildman–Crippen MR) is 47.7 cm³/mol. The van der Waals surface area contributed by atoms with Gasteiger partial charge in [-0.05, 0) is 25.5 Å². The van der Waals surface area contributed by atoms with E-state index in [1.807, 2.05) is 0 Å². The monoisotopic (exact) mass is 182 g/mol. The van der Waals surface area contributed by atoms with Crippen LogP contribution in [0.5, 0.6) is 5.75 Å². The Balaban J connectivity index is 3.23. The molecule has 3 heteroatoms. The van der Waals surface area contributed by atoms with E-state index in [9.17, 15) is 9.18 Å². The fourth-order valence-electron chi connectivity index (χ4n) is 1.05. The molecule has 0 spiro atoms. The number of halogens is 1. The second-order valence-corrected chi connectivity index (χ2v) is 2.67. The van der Waals surface area contributed by atoms with Gasteiger partial charge in [-0.3, -0.25) is 4.79 Å². The average molecular weight is 182 g/mol. The molecule has 2 nitrogen and oxygen atoms in total. The summed E-state index contributed by atoms with van der Waals surface area (Å²) in [6, 6.07) is 3.11. The number of ether oxygens (including phenoxy) is 1. The van der Waals surface area contributed by atoms with Gasteiger partial charge in [0.05, 0.1) is 12.2 Å². The lowest BCUT2D eigenvalue weighted by molar-refractivity contribution is 0.111. The van der Waals surface area contributed by atoms with Crippen LogP contribution >= 0.6 is 0 Å². The highest BCUT2D eigenvalue weighted by Crippen LogP contribution is 2.24. The van der Waals surface area contributed by atoms with E-state index >= 15 is 0 Å². The number of rotatable bonds is 3. The number of aryl methyl sites for hydroxylation is 1. The Hall–Kier alpha value is -1.38. The van der Waals surface area contributed by atoms with Gasteiger partial charge in [-0.25, -0.2) is 4.39 Å². The summed E-state index contributed by atoms with van der Waals surface area (Å²) in [5.41, 5.74) is 0.735. The summed E-state index contributed by atoms with van der Waals surface area (Å²) in [6.07, 6.45) is 0.591. The highest BCUT2D eigenvalue weighted by atomic mass is 19.1. The van der Waals surface area contributed by atoms with Crippen molar-refractivity contribution in [3.05, 3.63) is 29.1 Å². The molecule has 0 bridgehead atoms. The zero-order chi connectivity index (χ0) is 9.84. The molecule has 70 valence electrons. The van der Waals surface area contributed by atoms with E-state index in [0.29, 0.717) is 18.5 Å². The van der Waals surface area contributed by atoms with Crippen LogP contribution in [0.15, 0.2) is 12.1 Å². The van der Waals surface area contributed by atoms with E-state index in [2.05, 4.69) is 0 Å². The van der Waals surface area contributed by atoms with Crippen molar-refractivity contribution >= 4 is 6.29 Å². The zero-order valence-corrected chi connectivity index (χ0v) is 7.63. The molecule has 0 aliphatic heterocycles.